The summed E-state index contributed by atoms with van der Waals surface area (Å²) < 4.78 is 0. The van der Waals surface area contributed by atoms with Crippen LogP contribution in [0, 0.1) is 5.92 Å². The lowest BCUT2D eigenvalue weighted by atomic mass is 9.95. The first-order valence-electron chi connectivity index (χ1n) is 4.76. The minimum absolute atomic E-state index is 0.384. The van der Waals surface area contributed by atoms with E-state index in [1.807, 2.05) is 0 Å². The fraction of sp³-hybridized carbons (Fsp3) is 1.00. The highest BCUT2D eigenvalue weighted by molar-refractivity contribution is 4.90. The molecule has 2 nitrogen and oxygen atoms in total. The van der Waals surface area contributed by atoms with Crippen molar-refractivity contribution in [3.8, 4) is 0 Å². The van der Waals surface area contributed by atoms with Gasteiger partial charge in [-0.15, -0.1) is 0 Å². The molecule has 0 aromatic rings. The summed E-state index contributed by atoms with van der Waals surface area (Å²) in [5.41, 5.74) is 0. The molecule has 2 aliphatic heterocycles. The van der Waals surface area contributed by atoms with Gasteiger partial charge in [-0.3, -0.25) is 0 Å². The number of hydrogen-bond acceptors (Lipinski definition) is 2. The van der Waals surface area contributed by atoms with E-state index in [0.717, 1.165) is 18.4 Å². The molecule has 0 saturated carbocycles. The highest BCUT2D eigenvalue weighted by atomic mass is 16.3. The predicted molar refractivity (Wildman–Crippen MR) is 44.4 cm³/mol. The van der Waals surface area contributed by atoms with E-state index in [2.05, 4.69) is 4.90 Å². The zero-order valence-electron chi connectivity index (χ0n) is 7.00. The number of aliphatic hydroxyl groups excluding tert-OH is 1. The molecule has 64 valence electrons. The maximum Gasteiger partial charge on any atom is 0.0434 e. The Morgan fingerprint density at radius 2 is 2.18 bits per heavy atom. The third-order valence-electron chi connectivity index (χ3n) is 3.25. The van der Waals surface area contributed by atoms with Gasteiger partial charge in [-0.1, -0.05) is 0 Å². The van der Waals surface area contributed by atoms with Gasteiger partial charge in [0.15, 0.2) is 0 Å². The summed E-state index contributed by atoms with van der Waals surface area (Å²) in [6.45, 7) is 2.98. The van der Waals surface area contributed by atoms with E-state index >= 15 is 0 Å². The Labute approximate surface area is 68.2 Å². The molecule has 2 heteroatoms. The van der Waals surface area contributed by atoms with Crippen LogP contribution in [0.3, 0.4) is 0 Å². The molecule has 0 aliphatic carbocycles. The van der Waals surface area contributed by atoms with E-state index < -0.39 is 0 Å². The maximum atomic E-state index is 8.83. The number of aliphatic hydroxyl groups is 1. The predicted octanol–water partition coefficient (Wildman–Crippen LogP) is 0.853. The normalized spacial score (nSPS) is 37.9. The summed E-state index contributed by atoms with van der Waals surface area (Å²) in [6.07, 6.45) is 5.11. The van der Waals surface area contributed by atoms with Crippen LogP contribution in [-0.2, 0) is 0 Å². The number of rotatable bonds is 2. The Morgan fingerprint density at radius 3 is 3.00 bits per heavy atom. The van der Waals surface area contributed by atoms with Gasteiger partial charge in [0.25, 0.3) is 0 Å². The zero-order valence-corrected chi connectivity index (χ0v) is 7.00. The van der Waals surface area contributed by atoms with Crippen molar-refractivity contribution in [1.29, 1.82) is 0 Å². The van der Waals surface area contributed by atoms with Gasteiger partial charge < -0.3 is 10.0 Å². The molecule has 11 heavy (non-hydrogen) atoms. The van der Waals surface area contributed by atoms with Crippen LogP contribution in [0.4, 0.5) is 0 Å². The van der Waals surface area contributed by atoms with Crippen molar-refractivity contribution in [3.05, 3.63) is 0 Å². The molecule has 0 bridgehead atoms. The smallest absolute Gasteiger partial charge is 0.0434 e. The molecule has 1 N–H and O–H groups in total. The Balaban J connectivity index is 1.92. The summed E-state index contributed by atoms with van der Waals surface area (Å²) >= 11 is 0. The second-order valence-corrected chi connectivity index (χ2v) is 3.81. The summed E-state index contributed by atoms with van der Waals surface area (Å²) in [6, 6.07) is 0.835. The number of nitrogens with zero attached hydrogens (tertiary/aromatic N) is 1. The second kappa shape index (κ2) is 3.11. The Hall–Kier alpha value is -0.0800. The SMILES string of the molecule is OCC[C@H]1CCN2CCC[C@H]12. The lowest BCUT2D eigenvalue weighted by Crippen LogP contribution is -2.26. The second-order valence-electron chi connectivity index (χ2n) is 3.81. The minimum Gasteiger partial charge on any atom is -0.396 e. The molecule has 2 saturated heterocycles. The number of fused-ring (bicyclic) bond motifs is 1. The first-order chi connectivity index (χ1) is 5.42. The van der Waals surface area contributed by atoms with E-state index in [9.17, 15) is 0 Å². The molecule has 2 atom stereocenters. The first kappa shape index (κ1) is 7.56. The molecule has 0 amide bonds. The van der Waals surface area contributed by atoms with Crippen LogP contribution in [-0.4, -0.2) is 35.7 Å². The standard InChI is InChI=1S/C9H17NO/c11-7-4-8-3-6-10-5-1-2-9(8)10/h8-9,11H,1-7H2/t8-,9-/m1/s1. The van der Waals surface area contributed by atoms with Crippen molar-refractivity contribution < 1.29 is 5.11 Å². The van der Waals surface area contributed by atoms with Crippen molar-refractivity contribution in [2.24, 2.45) is 5.92 Å². The van der Waals surface area contributed by atoms with Gasteiger partial charge in [-0.05, 0) is 44.7 Å². The molecular weight excluding hydrogens is 138 g/mol. The molecular formula is C9H17NO. The Bertz CT molecular complexity index is 136. The quantitative estimate of drug-likeness (QED) is 0.639. The van der Waals surface area contributed by atoms with E-state index in [0.29, 0.717) is 6.61 Å². The summed E-state index contributed by atoms with van der Waals surface area (Å²) in [5, 5.41) is 8.83. The summed E-state index contributed by atoms with van der Waals surface area (Å²) in [7, 11) is 0. The fourth-order valence-electron chi connectivity index (χ4n) is 2.69. The highest BCUT2D eigenvalue weighted by Crippen LogP contribution is 2.34. The van der Waals surface area contributed by atoms with Crippen molar-refractivity contribution in [2.45, 2.75) is 31.7 Å². The monoisotopic (exact) mass is 155 g/mol. The van der Waals surface area contributed by atoms with Crippen LogP contribution in [0.25, 0.3) is 0 Å². The van der Waals surface area contributed by atoms with Crippen molar-refractivity contribution >= 4 is 0 Å². The molecule has 2 heterocycles. The molecule has 0 spiro atoms. The Morgan fingerprint density at radius 1 is 1.27 bits per heavy atom. The van der Waals surface area contributed by atoms with E-state index in [1.54, 1.807) is 0 Å². The molecule has 2 aliphatic rings. The molecule has 0 radical (unpaired) electrons. The third-order valence-corrected chi connectivity index (χ3v) is 3.25. The van der Waals surface area contributed by atoms with Gasteiger partial charge in [0, 0.05) is 12.6 Å². The lowest BCUT2D eigenvalue weighted by Gasteiger charge is -2.18. The van der Waals surface area contributed by atoms with Gasteiger partial charge in [-0.2, -0.15) is 0 Å². The van der Waals surface area contributed by atoms with Gasteiger partial charge >= 0.3 is 0 Å². The molecule has 0 aromatic carbocycles. The average molecular weight is 155 g/mol. The van der Waals surface area contributed by atoms with E-state index in [4.69, 9.17) is 5.11 Å². The third kappa shape index (κ3) is 1.30. The van der Waals surface area contributed by atoms with Gasteiger partial charge in [-0.25, -0.2) is 0 Å². The zero-order chi connectivity index (χ0) is 7.68. The largest absolute Gasteiger partial charge is 0.396 e. The lowest BCUT2D eigenvalue weighted by molar-refractivity contribution is 0.226. The average Bonchev–Trinajstić information content (AvgIpc) is 2.53. The van der Waals surface area contributed by atoms with Crippen LogP contribution >= 0.6 is 0 Å². The summed E-state index contributed by atoms with van der Waals surface area (Å²) in [5.74, 6) is 0.808. The minimum atomic E-state index is 0.384. The molecule has 2 rings (SSSR count). The summed E-state index contributed by atoms with van der Waals surface area (Å²) in [4.78, 5) is 2.60. The van der Waals surface area contributed by atoms with E-state index in [-0.39, 0.29) is 0 Å². The van der Waals surface area contributed by atoms with Crippen LogP contribution in [0.2, 0.25) is 0 Å². The van der Waals surface area contributed by atoms with E-state index in [1.165, 1.54) is 32.4 Å². The van der Waals surface area contributed by atoms with Crippen LogP contribution in [0.1, 0.15) is 25.7 Å². The topological polar surface area (TPSA) is 23.5 Å². The van der Waals surface area contributed by atoms with Crippen LogP contribution < -0.4 is 0 Å². The van der Waals surface area contributed by atoms with Gasteiger partial charge in [0.2, 0.25) is 0 Å². The van der Waals surface area contributed by atoms with Gasteiger partial charge in [0.05, 0.1) is 0 Å². The van der Waals surface area contributed by atoms with Crippen molar-refractivity contribution in [2.75, 3.05) is 19.7 Å². The number of hydrogen-bond donors (Lipinski definition) is 1. The van der Waals surface area contributed by atoms with Crippen molar-refractivity contribution in [1.82, 2.24) is 4.90 Å². The highest BCUT2D eigenvalue weighted by Gasteiger charge is 2.36. The fourth-order valence-corrected chi connectivity index (χ4v) is 2.69. The molecule has 2 fully saturated rings. The maximum absolute atomic E-state index is 8.83. The molecule has 0 unspecified atom stereocenters. The first-order valence-corrected chi connectivity index (χ1v) is 4.76. The Kier molecular flexibility index (Phi) is 2.14. The van der Waals surface area contributed by atoms with Crippen LogP contribution in [0.15, 0.2) is 0 Å². The molecule has 0 aromatic heterocycles. The van der Waals surface area contributed by atoms with Gasteiger partial charge in [0.1, 0.15) is 0 Å². The van der Waals surface area contributed by atoms with Crippen LogP contribution in [0.5, 0.6) is 0 Å². The van der Waals surface area contributed by atoms with Crippen molar-refractivity contribution in [3.63, 3.8) is 0 Å².